The quantitative estimate of drug-likeness (QED) is 0.179. The summed E-state index contributed by atoms with van der Waals surface area (Å²) in [6.07, 6.45) is 0. The predicted octanol–water partition coefficient (Wildman–Crippen LogP) is 13.0. The van der Waals surface area contributed by atoms with E-state index in [4.69, 9.17) is 4.74 Å². The van der Waals surface area contributed by atoms with E-state index in [1.807, 2.05) is 12.1 Å². The van der Waals surface area contributed by atoms with Crippen LogP contribution in [0.25, 0.3) is 33.4 Å². The lowest BCUT2D eigenvalue weighted by molar-refractivity contribution is 0.471. The zero-order chi connectivity index (χ0) is 33.6. The molecule has 238 valence electrons. The first-order valence-electron chi connectivity index (χ1n) is 16.6. The Kier molecular flexibility index (Phi) is 6.92. The Morgan fingerprint density at radius 2 is 0.979 bits per heavy atom. The molecule has 2 aliphatic rings. The van der Waals surface area contributed by atoms with Crippen LogP contribution < -0.4 is 4.74 Å². The van der Waals surface area contributed by atoms with E-state index in [-0.39, 0.29) is 16.6 Å². The van der Waals surface area contributed by atoms with Crippen molar-refractivity contribution in [1.29, 1.82) is 0 Å². The first-order chi connectivity index (χ1) is 22.9. The minimum atomic E-state index is -0.473. The van der Waals surface area contributed by atoms with Crippen molar-refractivity contribution in [3.05, 3.63) is 165 Å². The second-order valence-corrected chi connectivity index (χ2v) is 16.1. The lowest BCUT2D eigenvalue weighted by atomic mass is 9.70. The average Bonchev–Trinajstić information content (AvgIpc) is 3.53. The van der Waals surface area contributed by atoms with Gasteiger partial charge in [0.15, 0.2) is 0 Å². The smallest absolute Gasteiger partial charge is 0.145 e. The average molecular weight is 694 g/mol. The highest BCUT2D eigenvalue weighted by molar-refractivity contribution is 9.10. The van der Waals surface area contributed by atoms with Gasteiger partial charge in [0.2, 0.25) is 0 Å². The molecule has 0 saturated heterocycles. The molecular formula is C45H38BrFO. The first kappa shape index (κ1) is 30.8. The fourth-order valence-electron chi connectivity index (χ4n) is 7.73. The lowest BCUT2D eigenvalue weighted by Gasteiger charge is -2.30. The fraction of sp³-hybridized carbons (Fsp3) is 0.200. The van der Waals surface area contributed by atoms with Gasteiger partial charge in [-0.15, -0.1) is 0 Å². The standard InChI is InChI=1S/C45H38BrFO/c1-43(2,3)29-21-27(22-30(25-29)44(4,5)6)28-23-40(47)42(46)41(24-28)48-31-19-20-35-34-15-9-12-18-38(34)45(39(35)26-31)36-16-10-7-13-32(36)33-14-8-11-17-37(33)45/h7-26H,1-6H3. The third kappa shape index (κ3) is 4.62. The van der Waals surface area contributed by atoms with E-state index in [0.717, 1.165) is 11.1 Å². The van der Waals surface area contributed by atoms with Crippen LogP contribution in [0.5, 0.6) is 11.5 Å². The monoisotopic (exact) mass is 692 g/mol. The zero-order valence-corrected chi connectivity index (χ0v) is 29.8. The molecule has 0 saturated carbocycles. The minimum Gasteiger partial charge on any atom is -0.456 e. The van der Waals surface area contributed by atoms with Crippen LogP contribution in [0.1, 0.15) is 74.9 Å². The molecule has 0 amide bonds. The molecule has 3 heteroatoms. The molecule has 48 heavy (non-hydrogen) atoms. The molecule has 2 aliphatic carbocycles. The number of ether oxygens (including phenoxy) is 1. The molecule has 0 radical (unpaired) electrons. The summed E-state index contributed by atoms with van der Waals surface area (Å²) in [5, 5.41) is 0. The predicted molar refractivity (Wildman–Crippen MR) is 200 cm³/mol. The molecule has 6 aromatic rings. The summed E-state index contributed by atoms with van der Waals surface area (Å²) in [5.41, 5.74) is 13.6. The molecule has 1 nitrogen and oxygen atoms in total. The van der Waals surface area contributed by atoms with Crippen LogP contribution in [0.2, 0.25) is 0 Å². The van der Waals surface area contributed by atoms with Gasteiger partial charge in [0.1, 0.15) is 17.3 Å². The highest BCUT2D eigenvalue weighted by Gasteiger charge is 2.51. The van der Waals surface area contributed by atoms with Gasteiger partial charge in [0.05, 0.1) is 9.89 Å². The molecule has 0 heterocycles. The molecule has 0 fully saturated rings. The maximum Gasteiger partial charge on any atom is 0.145 e. The molecule has 0 aromatic heterocycles. The summed E-state index contributed by atoms with van der Waals surface area (Å²) in [5.74, 6) is 0.753. The van der Waals surface area contributed by atoms with Gasteiger partial charge in [-0.3, -0.25) is 0 Å². The number of halogens is 2. The topological polar surface area (TPSA) is 9.23 Å². The van der Waals surface area contributed by atoms with Crippen molar-refractivity contribution < 1.29 is 9.13 Å². The van der Waals surface area contributed by atoms with Crippen LogP contribution in [-0.2, 0) is 16.2 Å². The Balaban J connectivity index is 1.28. The molecule has 6 aromatic carbocycles. The van der Waals surface area contributed by atoms with Gasteiger partial charge >= 0.3 is 0 Å². The SMILES string of the molecule is CC(C)(C)c1cc(-c2cc(F)c(Br)c(Oc3ccc4c(c3)C3(c5ccccc5-c5ccccc53)c3ccccc3-4)c2)cc(C(C)(C)C)c1. The van der Waals surface area contributed by atoms with Crippen LogP contribution in [0.4, 0.5) is 4.39 Å². The van der Waals surface area contributed by atoms with E-state index in [1.54, 1.807) is 6.07 Å². The van der Waals surface area contributed by atoms with Crippen molar-refractivity contribution in [2.75, 3.05) is 0 Å². The van der Waals surface area contributed by atoms with Crippen molar-refractivity contribution >= 4 is 15.9 Å². The summed E-state index contributed by atoms with van der Waals surface area (Å²) < 4.78 is 22.7. The lowest BCUT2D eigenvalue weighted by Crippen LogP contribution is -2.25. The van der Waals surface area contributed by atoms with Crippen LogP contribution in [0.15, 0.2) is 126 Å². The Bertz CT molecular complexity index is 2170. The second kappa shape index (κ2) is 10.8. The maximum atomic E-state index is 15.7. The molecule has 0 aliphatic heterocycles. The largest absolute Gasteiger partial charge is 0.456 e. The normalized spacial score (nSPS) is 14.0. The highest BCUT2D eigenvalue weighted by atomic mass is 79.9. The second-order valence-electron chi connectivity index (χ2n) is 15.3. The molecule has 0 bridgehead atoms. The van der Waals surface area contributed by atoms with Crippen molar-refractivity contribution in [1.82, 2.24) is 0 Å². The van der Waals surface area contributed by atoms with E-state index in [9.17, 15) is 0 Å². The Hall–Kier alpha value is -4.47. The van der Waals surface area contributed by atoms with E-state index in [1.165, 1.54) is 55.6 Å². The molecular weight excluding hydrogens is 655 g/mol. The van der Waals surface area contributed by atoms with Crippen LogP contribution >= 0.6 is 15.9 Å². The van der Waals surface area contributed by atoms with E-state index in [2.05, 4.69) is 161 Å². The van der Waals surface area contributed by atoms with Gasteiger partial charge in [0.25, 0.3) is 0 Å². The van der Waals surface area contributed by atoms with E-state index < -0.39 is 5.41 Å². The number of fused-ring (bicyclic) bond motifs is 10. The summed E-state index contributed by atoms with van der Waals surface area (Å²) in [6.45, 7) is 13.3. The summed E-state index contributed by atoms with van der Waals surface area (Å²) in [4.78, 5) is 0. The van der Waals surface area contributed by atoms with Crippen LogP contribution in [0.3, 0.4) is 0 Å². The van der Waals surface area contributed by atoms with Crippen molar-refractivity contribution in [3.63, 3.8) is 0 Å². The highest BCUT2D eigenvalue weighted by Crippen LogP contribution is 2.63. The van der Waals surface area contributed by atoms with Crippen molar-refractivity contribution in [2.45, 2.75) is 57.8 Å². The van der Waals surface area contributed by atoms with Gasteiger partial charge in [-0.05, 0) is 118 Å². The van der Waals surface area contributed by atoms with Crippen molar-refractivity contribution in [2.24, 2.45) is 0 Å². The molecule has 0 atom stereocenters. The van der Waals surface area contributed by atoms with Crippen LogP contribution in [-0.4, -0.2) is 0 Å². The van der Waals surface area contributed by atoms with Gasteiger partial charge in [-0.2, -0.15) is 0 Å². The molecule has 0 unspecified atom stereocenters. The van der Waals surface area contributed by atoms with Crippen LogP contribution in [0, 0.1) is 5.82 Å². The third-order valence-electron chi connectivity index (χ3n) is 10.2. The van der Waals surface area contributed by atoms with E-state index in [0.29, 0.717) is 16.0 Å². The summed E-state index contributed by atoms with van der Waals surface area (Å²) in [6, 6.07) is 42.8. The van der Waals surface area contributed by atoms with E-state index >= 15 is 4.39 Å². The molecule has 8 rings (SSSR count). The number of benzene rings is 6. The minimum absolute atomic E-state index is 0.0569. The fourth-order valence-corrected chi connectivity index (χ4v) is 8.04. The molecule has 1 spiro atoms. The Morgan fingerprint density at radius 3 is 1.48 bits per heavy atom. The Labute approximate surface area is 291 Å². The Morgan fingerprint density at radius 1 is 0.521 bits per heavy atom. The molecule has 0 N–H and O–H groups in total. The third-order valence-corrected chi connectivity index (χ3v) is 11.0. The summed E-state index contributed by atoms with van der Waals surface area (Å²) >= 11 is 3.53. The van der Waals surface area contributed by atoms with Gasteiger partial charge < -0.3 is 4.74 Å². The van der Waals surface area contributed by atoms with Gasteiger partial charge in [-0.1, -0.05) is 139 Å². The van der Waals surface area contributed by atoms with Crippen molar-refractivity contribution in [3.8, 4) is 44.9 Å². The number of rotatable bonds is 3. The number of hydrogen-bond acceptors (Lipinski definition) is 1. The zero-order valence-electron chi connectivity index (χ0n) is 28.2. The number of hydrogen-bond donors (Lipinski definition) is 0. The first-order valence-corrected chi connectivity index (χ1v) is 17.4. The summed E-state index contributed by atoms with van der Waals surface area (Å²) in [7, 11) is 0. The van der Waals surface area contributed by atoms with Gasteiger partial charge in [-0.25, -0.2) is 4.39 Å². The maximum absolute atomic E-state index is 15.7. The van der Waals surface area contributed by atoms with Gasteiger partial charge in [0, 0.05) is 0 Å².